The minimum Gasteiger partial charge on any atom is -0.479 e. The maximum Gasteiger partial charge on any atom is 0.238 e. The van der Waals surface area contributed by atoms with E-state index in [-0.39, 0.29) is 5.54 Å². The van der Waals surface area contributed by atoms with Crippen LogP contribution in [-0.4, -0.2) is 17.6 Å². The molecule has 0 atom stereocenters. The second-order valence-electron chi connectivity index (χ2n) is 4.33. The molecule has 1 heterocycles. The number of aromatic nitrogens is 1. The number of rotatable bonds is 3. The molecule has 1 aromatic heterocycles. The van der Waals surface area contributed by atoms with Crippen molar-refractivity contribution in [3.05, 3.63) is 12.1 Å². The van der Waals surface area contributed by atoms with Crippen molar-refractivity contribution in [1.29, 1.82) is 0 Å². The molecule has 0 unspecified atom stereocenters. The van der Waals surface area contributed by atoms with Gasteiger partial charge >= 0.3 is 0 Å². The van der Waals surface area contributed by atoms with Gasteiger partial charge in [-0.1, -0.05) is 0 Å². The van der Waals surface area contributed by atoms with Gasteiger partial charge in [0.05, 0.1) is 12.8 Å². The van der Waals surface area contributed by atoms with E-state index in [2.05, 4.69) is 17.2 Å². The highest BCUT2D eigenvalue weighted by Gasteiger charge is 2.31. The summed E-state index contributed by atoms with van der Waals surface area (Å²) in [6.45, 7) is 2.21. The molecule has 2 rings (SSSR count). The Labute approximate surface area is 89.8 Å². The fraction of sp³-hybridized carbons (Fsp3) is 0.545. The summed E-state index contributed by atoms with van der Waals surface area (Å²) < 4.78 is 5.08. The van der Waals surface area contributed by atoms with Crippen LogP contribution in [0, 0.1) is 0 Å². The van der Waals surface area contributed by atoms with Crippen molar-refractivity contribution in [2.75, 3.05) is 18.2 Å². The Morgan fingerprint density at radius 1 is 1.47 bits per heavy atom. The van der Waals surface area contributed by atoms with Crippen molar-refractivity contribution in [2.24, 2.45) is 0 Å². The molecular formula is C11H17N3O. The Hall–Kier alpha value is -1.45. The van der Waals surface area contributed by atoms with Gasteiger partial charge in [-0.05, 0) is 38.3 Å². The fourth-order valence-electron chi connectivity index (χ4n) is 1.83. The summed E-state index contributed by atoms with van der Waals surface area (Å²) in [6.07, 6.45) is 3.68. The number of hydrogen-bond acceptors (Lipinski definition) is 4. The lowest BCUT2D eigenvalue weighted by Crippen LogP contribution is -2.41. The van der Waals surface area contributed by atoms with Crippen LogP contribution in [0.2, 0.25) is 0 Å². The molecule has 0 aliphatic heterocycles. The lowest BCUT2D eigenvalue weighted by molar-refractivity contribution is 0.305. The molecule has 1 fully saturated rings. The van der Waals surface area contributed by atoms with E-state index in [1.165, 1.54) is 19.3 Å². The van der Waals surface area contributed by atoms with Crippen LogP contribution in [0.15, 0.2) is 12.1 Å². The predicted molar refractivity (Wildman–Crippen MR) is 61.1 cm³/mol. The first kappa shape index (κ1) is 10.1. The Morgan fingerprint density at radius 3 is 2.73 bits per heavy atom. The van der Waals surface area contributed by atoms with Gasteiger partial charge in [0.15, 0.2) is 0 Å². The maximum atomic E-state index is 5.69. The first-order chi connectivity index (χ1) is 7.13. The SMILES string of the molecule is COc1nc(NC2(C)CCC2)ccc1N. The smallest absolute Gasteiger partial charge is 0.238 e. The molecule has 3 N–H and O–H groups in total. The van der Waals surface area contributed by atoms with Crippen LogP contribution in [0.4, 0.5) is 11.5 Å². The lowest BCUT2D eigenvalue weighted by Gasteiger charge is -2.39. The number of methoxy groups -OCH3 is 1. The van der Waals surface area contributed by atoms with Crippen LogP contribution in [0.5, 0.6) is 5.88 Å². The van der Waals surface area contributed by atoms with E-state index in [0.717, 1.165) is 5.82 Å². The highest BCUT2D eigenvalue weighted by molar-refractivity contribution is 5.54. The number of nitrogens with zero attached hydrogens (tertiary/aromatic N) is 1. The summed E-state index contributed by atoms with van der Waals surface area (Å²) in [6, 6.07) is 3.71. The summed E-state index contributed by atoms with van der Waals surface area (Å²) >= 11 is 0. The van der Waals surface area contributed by atoms with Gasteiger partial charge in [-0.2, -0.15) is 4.98 Å². The van der Waals surface area contributed by atoms with Crippen LogP contribution in [0.1, 0.15) is 26.2 Å². The van der Waals surface area contributed by atoms with E-state index < -0.39 is 0 Å². The van der Waals surface area contributed by atoms with Gasteiger partial charge in [-0.3, -0.25) is 0 Å². The standard InChI is InChI=1S/C11H17N3O/c1-11(6-3-7-11)14-9-5-4-8(12)10(13-9)15-2/h4-5H,3,6-7,12H2,1-2H3,(H,13,14). The van der Waals surface area contributed by atoms with Gasteiger partial charge in [-0.15, -0.1) is 0 Å². The van der Waals surface area contributed by atoms with Gasteiger partial charge in [0.25, 0.3) is 0 Å². The zero-order valence-electron chi connectivity index (χ0n) is 9.21. The molecule has 0 amide bonds. The van der Waals surface area contributed by atoms with Crippen molar-refractivity contribution in [2.45, 2.75) is 31.7 Å². The number of ether oxygens (including phenoxy) is 1. The first-order valence-corrected chi connectivity index (χ1v) is 5.22. The van der Waals surface area contributed by atoms with Crippen molar-refractivity contribution in [3.8, 4) is 5.88 Å². The minimum atomic E-state index is 0.203. The van der Waals surface area contributed by atoms with E-state index in [1.807, 2.05) is 12.1 Å². The third-order valence-electron chi connectivity index (χ3n) is 2.97. The number of anilines is 2. The second-order valence-corrected chi connectivity index (χ2v) is 4.33. The lowest BCUT2D eigenvalue weighted by atomic mass is 9.78. The van der Waals surface area contributed by atoms with E-state index >= 15 is 0 Å². The van der Waals surface area contributed by atoms with Crippen molar-refractivity contribution in [3.63, 3.8) is 0 Å². The first-order valence-electron chi connectivity index (χ1n) is 5.22. The van der Waals surface area contributed by atoms with E-state index in [4.69, 9.17) is 10.5 Å². The van der Waals surface area contributed by atoms with Crippen LogP contribution < -0.4 is 15.8 Å². The Morgan fingerprint density at radius 2 is 2.20 bits per heavy atom. The molecule has 1 aliphatic carbocycles. The zero-order valence-corrected chi connectivity index (χ0v) is 9.21. The van der Waals surface area contributed by atoms with Gasteiger partial charge in [0.2, 0.25) is 5.88 Å². The quantitative estimate of drug-likeness (QED) is 0.796. The van der Waals surface area contributed by atoms with E-state index in [1.54, 1.807) is 7.11 Å². The van der Waals surface area contributed by atoms with Gasteiger partial charge < -0.3 is 15.8 Å². The highest BCUT2D eigenvalue weighted by Crippen LogP contribution is 2.34. The van der Waals surface area contributed by atoms with Gasteiger partial charge in [0, 0.05) is 5.54 Å². The van der Waals surface area contributed by atoms with Crippen molar-refractivity contribution in [1.82, 2.24) is 4.98 Å². The third kappa shape index (κ3) is 1.98. The molecule has 0 bridgehead atoms. The molecule has 1 saturated carbocycles. The summed E-state index contributed by atoms with van der Waals surface area (Å²) in [5, 5.41) is 3.41. The average Bonchev–Trinajstić information content (AvgIpc) is 2.18. The molecule has 15 heavy (non-hydrogen) atoms. The zero-order chi connectivity index (χ0) is 10.9. The largest absolute Gasteiger partial charge is 0.479 e. The number of nitrogen functional groups attached to an aromatic ring is 1. The second kappa shape index (κ2) is 3.61. The Kier molecular flexibility index (Phi) is 2.42. The summed E-state index contributed by atoms with van der Waals surface area (Å²) in [7, 11) is 1.58. The molecule has 0 radical (unpaired) electrons. The van der Waals surface area contributed by atoms with Gasteiger partial charge in [-0.25, -0.2) is 0 Å². The number of hydrogen-bond donors (Lipinski definition) is 2. The summed E-state index contributed by atoms with van der Waals surface area (Å²) in [4.78, 5) is 4.30. The fourth-order valence-corrected chi connectivity index (χ4v) is 1.83. The Balaban J connectivity index is 2.14. The topological polar surface area (TPSA) is 60.2 Å². The van der Waals surface area contributed by atoms with E-state index in [9.17, 15) is 0 Å². The van der Waals surface area contributed by atoms with Crippen LogP contribution in [0.25, 0.3) is 0 Å². The highest BCUT2D eigenvalue weighted by atomic mass is 16.5. The number of pyridine rings is 1. The molecule has 0 aromatic carbocycles. The number of nitrogens with one attached hydrogen (secondary N) is 1. The normalized spacial score (nSPS) is 18.0. The number of nitrogens with two attached hydrogens (primary N) is 1. The Bertz CT molecular complexity index is 361. The monoisotopic (exact) mass is 207 g/mol. The molecule has 4 heteroatoms. The van der Waals surface area contributed by atoms with Crippen LogP contribution in [0.3, 0.4) is 0 Å². The maximum absolute atomic E-state index is 5.69. The molecule has 4 nitrogen and oxygen atoms in total. The third-order valence-corrected chi connectivity index (χ3v) is 2.97. The van der Waals surface area contributed by atoms with E-state index in [0.29, 0.717) is 11.6 Å². The molecule has 0 saturated heterocycles. The average molecular weight is 207 g/mol. The minimum absolute atomic E-state index is 0.203. The predicted octanol–water partition coefficient (Wildman–Crippen LogP) is 2.03. The van der Waals surface area contributed by atoms with Crippen molar-refractivity contribution < 1.29 is 4.74 Å². The molecule has 0 spiro atoms. The van der Waals surface area contributed by atoms with Crippen LogP contribution >= 0.6 is 0 Å². The molecular weight excluding hydrogens is 190 g/mol. The van der Waals surface area contributed by atoms with Crippen molar-refractivity contribution >= 4 is 11.5 Å². The van der Waals surface area contributed by atoms with Crippen LogP contribution in [-0.2, 0) is 0 Å². The molecule has 82 valence electrons. The molecule has 1 aliphatic rings. The summed E-state index contributed by atoms with van der Waals surface area (Å²) in [5.41, 5.74) is 6.47. The summed E-state index contributed by atoms with van der Waals surface area (Å²) in [5.74, 6) is 1.33. The molecule has 1 aromatic rings. The van der Waals surface area contributed by atoms with Gasteiger partial charge in [0.1, 0.15) is 5.82 Å².